The Hall–Kier alpha value is -2.89. The number of rotatable bonds is 3. The van der Waals surface area contributed by atoms with Gasteiger partial charge in [0.1, 0.15) is 0 Å². The van der Waals surface area contributed by atoms with E-state index in [-0.39, 0.29) is 11.5 Å². The Kier molecular flexibility index (Phi) is 4.56. The number of hydrogen-bond donors (Lipinski definition) is 1. The molecule has 0 bridgehead atoms. The summed E-state index contributed by atoms with van der Waals surface area (Å²) >= 11 is 12.3. The molecule has 134 valence electrons. The smallest absolute Gasteiger partial charge is 0.258 e. The molecule has 0 aliphatic rings. The third kappa shape index (κ3) is 3.16. The van der Waals surface area contributed by atoms with Crippen LogP contribution in [0.2, 0.25) is 10.0 Å². The molecule has 0 spiro atoms. The first-order valence-electron chi connectivity index (χ1n) is 8.18. The van der Waals surface area contributed by atoms with Crippen molar-refractivity contribution in [3.63, 3.8) is 0 Å². The summed E-state index contributed by atoms with van der Waals surface area (Å²) in [7, 11) is 0. The second kappa shape index (κ2) is 7.02. The zero-order valence-corrected chi connectivity index (χ0v) is 15.8. The number of carbonyl (C=O) groups is 1. The van der Waals surface area contributed by atoms with Crippen LogP contribution >= 0.6 is 23.2 Å². The number of imidazole rings is 1. The number of benzene rings is 2. The van der Waals surface area contributed by atoms with E-state index in [1.54, 1.807) is 36.9 Å². The highest BCUT2D eigenvalue weighted by Crippen LogP contribution is 2.31. The van der Waals surface area contributed by atoms with Crippen molar-refractivity contribution in [3.05, 3.63) is 82.5 Å². The molecule has 0 saturated carbocycles. The van der Waals surface area contributed by atoms with Crippen LogP contribution in [-0.4, -0.2) is 20.4 Å². The van der Waals surface area contributed by atoms with Crippen LogP contribution in [0.4, 0.5) is 5.69 Å². The van der Waals surface area contributed by atoms with Gasteiger partial charge in [-0.05, 0) is 36.8 Å². The predicted molar refractivity (Wildman–Crippen MR) is 108 cm³/mol. The van der Waals surface area contributed by atoms with Gasteiger partial charge in [0.05, 0.1) is 38.8 Å². The summed E-state index contributed by atoms with van der Waals surface area (Å²) in [6, 6.07) is 10.6. The number of hydrogen-bond acceptors (Lipinski definition) is 3. The third-order valence-corrected chi connectivity index (χ3v) is 4.93. The summed E-state index contributed by atoms with van der Waals surface area (Å²) in [5.74, 6) is -0.384. The minimum atomic E-state index is -0.384. The number of nitrogens with one attached hydrogen (secondary N) is 1. The van der Waals surface area contributed by atoms with E-state index in [0.29, 0.717) is 21.2 Å². The number of nitrogens with zero attached hydrogens (tertiary/aromatic N) is 3. The van der Waals surface area contributed by atoms with Gasteiger partial charge in [-0.2, -0.15) is 0 Å². The molecule has 5 nitrogen and oxygen atoms in total. The van der Waals surface area contributed by atoms with Crippen LogP contribution in [0.3, 0.4) is 0 Å². The van der Waals surface area contributed by atoms with Crippen LogP contribution in [0.5, 0.6) is 0 Å². The fraction of sp³-hybridized carbons (Fsp3) is 0.0500. The normalized spacial score (nSPS) is 10.9. The number of pyridine rings is 1. The van der Waals surface area contributed by atoms with Gasteiger partial charge in [-0.1, -0.05) is 35.3 Å². The fourth-order valence-electron chi connectivity index (χ4n) is 3.03. The van der Waals surface area contributed by atoms with Crippen LogP contribution < -0.4 is 5.32 Å². The van der Waals surface area contributed by atoms with Crippen LogP contribution in [0.1, 0.15) is 15.9 Å². The van der Waals surface area contributed by atoms with Gasteiger partial charge in [-0.3, -0.25) is 9.78 Å². The minimum Gasteiger partial charge on any atom is -0.320 e. The number of aromatic nitrogens is 3. The van der Waals surface area contributed by atoms with E-state index in [1.807, 2.05) is 35.9 Å². The first-order valence-corrected chi connectivity index (χ1v) is 8.94. The standard InChI is InChI=1S/C20H14Cl2N4O/c1-12-5-6-15(25-20(27)18-13(21)3-2-4-14(18)22)19-17(12)16(7-8-24-19)26-10-9-23-11-26/h2-11H,1H3,(H,25,27). The minimum absolute atomic E-state index is 0.236. The average Bonchev–Trinajstić information content (AvgIpc) is 3.18. The summed E-state index contributed by atoms with van der Waals surface area (Å²) in [5.41, 5.74) is 3.47. The Bertz CT molecular complexity index is 1140. The largest absolute Gasteiger partial charge is 0.320 e. The van der Waals surface area contributed by atoms with Gasteiger partial charge in [0, 0.05) is 24.0 Å². The Balaban J connectivity index is 1.83. The lowest BCUT2D eigenvalue weighted by atomic mass is 10.1. The molecule has 2 aromatic heterocycles. The molecule has 2 heterocycles. The molecule has 0 unspecified atom stereocenters. The molecular formula is C20H14Cl2N4O. The molecule has 4 aromatic rings. The van der Waals surface area contributed by atoms with Crippen molar-refractivity contribution in [3.8, 4) is 5.69 Å². The van der Waals surface area contributed by atoms with Crippen LogP contribution in [0.25, 0.3) is 16.6 Å². The molecular weight excluding hydrogens is 383 g/mol. The van der Waals surface area contributed by atoms with Crippen molar-refractivity contribution in [2.45, 2.75) is 6.92 Å². The van der Waals surface area contributed by atoms with Gasteiger partial charge >= 0.3 is 0 Å². The summed E-state index contributed by atoms with van der Waals surface area (Å²) in [6.45, 7) is 2.00. The van der Waals surface area contributed by atoms with Crippen LogP contribution in [0, 0.1) is 6.92 Å². The molecule has 0 saturated heterocycles. The van der Waals surface area contributed by atoms with Gasteiger partial charge in [0.25, 0.3) is 5.91 Å². The SMILES string of the molecule is Cc1ccc(NC(=O)c2c(Cl)cccc2Cl)c2nccc(-n3ccnc3)c12. The molecule has 2 aromatic carbocycles. The summed E-state index contributed by atoms with van der Waals surface area (Å²) in [5, 5.41) is 4.41. The zero-order chi connectivity index (χ0) is 19.0. The van der Waals surface area contributed by atoms with Gasteiger partial charge in [-0.25, -0.2) is 4.98 Å². The van der Waals surface area contributed by atoms with E-state index >= 15 is 0 Å². The van der Waals surface area contributed by atoms with E-state index < -0.39 is 0 Å². The summed E-state index contributed by atoms with van der Waals surface area (Å²) < 4.78 is 1.91. The molecule has 0 aliphatic heterocycles. The maximum absolute atomic E-state index is 12.8. The van der Waals surface area contributed by atoms with Gasteiger partial charge in [0.2, 0.25) is 0 Å². The first kappa shape index (κ1) is 17.5. The molecule has 0 aliphatic carbocycles. The van der Waals surface area contributed by atoms with E-state index in [9.17, 15) is 4.79 Å². The quantitative estimate of drug-likeness (QED) is 0.511. The highest BCUT2D eigenvalue weighted by Gasteiger charge is 2.17. The van der Waals surface area contributed by atoms with E-state index in [4.69, 9.17) is 23.2 Å². The number of aryl methyl sites for hydroxylation is 1. The molecule has 1 amide bonds. The number of amides is 1. The first-order chi connectivity index (χ1) is 13.1. The van der Waals surface area contributed by atoms with Crippen LogP contribution in [-0.2, 0) is 0 Å². The molecule has 0 radical (unpaired) electrons. The number of fused-ring (bicyclic) bond motifs is 1. The molecule has 4 rings (SSSR count). The topological polar surface area (TPSA) is 59.8 Å². The van der Waals surface area contributed by atoms with Crippen molar-refractivity contribution in [2.75, 3.05) is 5.32 Å². The molecule has 27 heavy (non-hydrogen) atoms. The Morgan fingerprint density at radius 1 is 1.07 bits per heavy atom. The molecule has 0 atom stereocenters. The monoisotopic (exact) mass is 396 g/mol. The third-order valence-electron chi connectivity index (χ3n) is 4.30. The van der Waals surface area contributed by atoms with Crippen molar-refractivity contribution in [1.29, 1.82) is 0 Å². The zero-order valence-electron chi connectivity index (χ0n) is 14.3. The molecule has 0 fully saturated rings. The van der Waals surface area contributed by atoms with E-state index in [0.717, 1.165) is 16.6 Å². The predicted octanol–water partition coefficient (Wildman–Crippen LogP) is 5.29. The van der Waals surface area contributed by atoms with Crippen molar-refractivity contribution < 1.29 is 4.79 Å². The Labute approximate surface area is 165 Å². The summed E-state index contributed by atoms with van der Waals surface area (Å²) in [6.07, 6.45) is 7.01. The number of anilines is 1. The average molecular weight is 397 g/mol. The van der Waals surface area contributed by atoms with Crippen LogP contribution in [0.15, 0.2) is 61.3 Å². The van der Waals surface area contributed by atoms with E-state index in [2.05, 4.69) is 15.3 Å². The molecule has 1 N–H and O–H groups in total. The Morgan fingerprint density at radius 2 is 1.85 bits per heavy atom. The maximum Gasteiger partial charge on any atom is 0.258 e. The maximum atomic E-state index is 12.8. The number of carbonyl (C=O) groups excluding carboxylic acids is 1. The van der Waals surface area contributed by atoms with Crippen molar-refractivity contribution in [2.24, 2.45) is 0 Å². The van der Waals surface area contributed by atoms with Crippen molar-refractivity contribution in [1.82, 2.24) is 14.5 Å². The number of halogens is 2. The summed E-state index contributed by atoms with van der Waals surface area (Å²) in [4.78, 5) is 21.4. The van der Waals surface area contributed by atoms with Gasteiger partial charge in [-0.15, -0.1) is 0 Å². The Morgan fingerprint density at radius 3 is 2.56 bits per heavy atom. The van der Waals surface area contributed by atoms with Crippen molar-refractivity contribution >= 4 is 45.7 Å². The fourth-order valence-corrected chi connectivity index (χ4v) is 3.60. The lowest BCUT2D eigenvalue weighted by molar-refractivity contribution is 0.102. The second-order valence-corrected chi connectivity index (χ2v) is 6.82. The lowest BCUT2D eigenvalue weighted by Gasteiger charge is -2.14. The highest BCUT2D eigenvalue weighted by molar-refractivity contribution is 6.40. The highest BCUT2D eigenvalue weighted by atomic mass is 35.5. The van der Waals surface area contributed by atoms with Gasteiger partial charge < -0.3 is 9.88 Å². The van der Waals surface area contributed by atoms with Gasteiger partial charge in [0.15, 0.2) is 0 Å². The van der Waals surface area contributed by atoms with E-state index in [1.165, 1.54) is 0 Å². The molecule has 7 heteroatoms. The lowest BCUT2D eigenvalue weighted by Crippen LogP contribution is -2.14. The second-order valence-electron chi connectivity index (χ2n) is 6.00.